The summed E-state index contributed by atoms with van der Waals surface area (Å²) in [6.45, 7) is 0. The first-order chi connectivity index (χ1) is 16.3. The van der Waals surface area contributed by atoms with Gasteiger partial charge < -0.3 is 0 Å². The van der Waals surface area contributed by atoms with E-state index in [1.54, 1.807) is 0 Å². The molecule has 0 N–H and O–H groups in total. The highest BCUT2D eigenvalue weighted by molar-refractivity contribution is 5.81. The molecule has 234 valence electrons. The Hall–Kier alpha value is -2.12. The predicted octanol–water partition coefficient (Wildman–Crippen LogP) is 7.50. The largest absolute Gasteiger partial charge is 0.460 e. The van der Waals surface area contributed by atoms with Gasteiger partial charge in [-0.1, -0.05) is 0 Å². The molecule has 0 heterocycles. The van der Waals surface area contributed by atoms with Gasteiger partial charge in [0.05, 0.1) is 0 Å². The van der Waals surface area contributed by atoms with Crippen molar-refractivity contribution in [1.82, 2.24) is 4.90 Å². The predicted molar refractivity (Wildman–Crippen MR) is 64.6 cm³/mol. The molecule has 0 rings (SSSR count). The third-order valence-corrected chi connectivity index (χ3v) is 4.17. The Labute approximate surface area is 193 Å². The summed E-state index contributed by atoms with van der Waals surface area (Å²) in [7, 11) is 0. The zero-order valence-electron chi connectivity index (χ0n) is 16.3. The van der Waals surface area contributed by atoms with Crippen molar-refractivity contribution in [3.05, 3.63) is 0 Å². The average Bonchev–Trinajstić information content (AvgIpc) is 2.62. The zero-order valence-corrected chi connectivity index (χ0v) is 16.3. The minimum Gasteiger partial charge on any atom is -0.257 e. The molecule has 0 fully saturated rings. The fraction of sp³-hybridized carbons (Fsp3) is 0.917. The van der Waals surface area contributed by atoms with E-state index < -0.39 is 77.0 Å². The van der Waals surface area contributed by atoms with Crippen molar-refractivity contribution in [2.75, 3.05) is 0 Å². The smallest absolute Gasteiger partial charge is 0.257 e. The minimum atomic E-state index is -9.68. The highest BCUT2D eigenvalue weighted by Gasteiger charge is 2.95. The maximum atomic E-state index is 14.0. The first kappa shape index (κ1) is 36.9. The monoisotopic (exact) mass is 649 g/mol. The van der Waals surface area contributed by atoms with E-state index in [-0.39, 0.29) is 0 Å². The van der Waals surface area contributed by atoms with Crippen molar-refractivity contribution in [3.8, 4) is 0 Å². The summed E-state index contributed by atoms with van der Waals surface area (Å²) in [5.41, 5.74) is -8.78. The molecule has 0 bridgehead atoms. The molecule has 39 heavy (non-hydrogen) atoms. The van der Waals surface area contributed by atoms with Gasteiger partial charge in [0, 0.05) is 0 Å². The molecule has 0 amide bonds. The Bertz CT molecular complexity index is 871. The normalized spacial score (nSPS) is 17.9. The average molecular weight is 649 g/mol. The van der Waals surface area contributed by atoms with Gasteiger partial charge in [-0.25, -0.2) is 4.39 Å². The van der Waals surface area contributed by atoms with Gasteiger partial charge in [-0.2, -0.15) is 105 Å². The van der Waals surface area contributed by atoms with Crippen molar-refractivity contribution in [1.29, 1.82) is 0 Å². The van der Waals surface area contributed by atoms with Crippen molar-refractivity contribution in [2.24, 2.45) is 0 Å². The van der Waals surface area contributed by atoms with E-state index >= 15 is 0 Å². The first-order valence-electron chi connectivity index (χ1n) is 7.85. The number of carbonyl (C=O) groups excluding carboxylic acids is 1. The maximum absolute atomic E-state index is 14.0. The molecule has 0 aliphatic heterocycles. The SMILES string of the molecule is O=C(F)C(F)(C(F)(F)F)C(F)(F)N(C(F)(F)C(F)(F)C(F)(F)C(F)(F)F)C(F)(F)C(F)(F)C(F)(F)C(F)(F)F. The highest BCUT2D eigenvalue weighted by Crippen LogP contribution is 2.64. The number of rotatable bonds is 9. The molecule has 0 spiro atoms. The molecule has 0 aromatic rings. The van der Waals surface area contributed by atoms with Gasteiger partial charge in [-0.05, 0) is 0 Å². The van der Waals surface area contributed by atoms with E-state index in [1.807, 2.05) is 0 Å². The van der Waals surface area contributed by atoms with Crippen LogP contribution in [-0.4, -0.2) is 77.0 Å². The minimum absolute atomic E-state index is 5.76. The van der Waals surface area contributed by atoms with Crippen molar-refractivity contribution >= 4 is 6.04 Å². The number of carbonyl (C=O) groups is 1. The molecule has 0 saturated heterocycles. The standard InChI is InChI=1S/C12F25NO/c13-1(39)2(14,7(23,24)25)10(32,33)38(11(34,35)5(19,20)3(15,16)8(26,27)28)12(36,37)6(21,22)4(17,18)9(29,30)31. The molecule has 0 aromatic heterocycles. The molecule has 0 aromatic carbocycles. The molecule has 0 aliphatic rings. The lowest BCUT2D eigenvalue weighted by Gasteiger charge is -2.49. The number of halogens is 25. The molecular weight excluding hydrogens is 649 g/mol. The van der Waals surface area contributed by atoms with E-state index in [1.165, 1.54) is 0 Å². The fourth-order valence-electron chi connectivity index (χ4n) is 2.10. The number of alkyl halides is 24. The van der Waals surface area contributed by atoms with Gasteiger partial charge in [-0.15, -0.1) is 4.90 Å². The molecule has 0 aliphatic carbocycles. The third-order valence-electron chi connectivity index (χ3n) is 4.17. The summed E-state index contributed by atoms with van der Waals surface area (Å²) in [5, 5.41) is 0. The lowest BCUT2D eigenvalue weighted by atomic mass is 9.97. The highest BCUT2D eigenvalue weighted by atomic mass is 19.4. The second kappa shape index (κ2) is 8.94. The van der Waals surface area contributed by atoms with Crippen LogP contribution in [0.3, 0.4) is 0 Å². The molecule has 2 nitrogen and oxygen atoms in total. The Morgan fingerprint density at radius 3 is 0.744 bits per heavy atom. The van der Waals surface area contributed by atoms with Crippen molar-refractivity contribution in [2.45, 2.75) is 66.0 Å². The van der Waals surface area contributed by atoms with Gasteiger partial charge in [0.15, 0.2) is 0 Å². The van der Waals surface area contributed by atoms with Gasteiger partial charge in [0.25, 0.3) is 0 Å². The summed E-state index contributed by atoms with van der Waals surface area (Å²) in [4.78, 5) is 4.18. The third kappa shape index (κ3) is 4.67. The topological polar surface area (TPSA) is 20.3 Å². The van der Waals surface area contributed by atoms with Crippen LogP contribution in [-0.2, 0) is 4.79 Å². The molecule has 27 heteroatoms. The van der Waals surface area contributed by atoms with E-state index in [4.69, 9.17) is 0 Å². The van der Waals surface area contributed by atoms with Crippen LogP contribution in [0.5, 0.6) is 0 Å². The van der Waals surface area contributed by atoms with E-state index in [0.29, 0.717) is 0 Å². The van der Waals surface area contributed by atoms with Crippen LogP contribution >= 0.6 is 0 Å². The summed E-state index contributed by atoms with van der Waals surface area (Å²) < 4.78 is 325. The second-order valence-corrected chi connectivity index (χ2v) is 6.68. The molecule has 0 radical (unpaired) electrons. The maximum Gasteiger partial charge on any atom is 0.460 e. The fourth-order valence-corrected chi connectivity index (χ4v) is 2.10. The molecular formula is C12F25NO. The van der Waals surface area contributed by atoms with Gasteiger partial charge in [0.2, 0.25) is 0 Å². The quantitative estimate of drug-likeness (QED) is 0.147. The number of nitrogens with zero attached hydrogens (tertiary/aromatic N) is 1. The number of hydrogen-bond acceptors (Lipinski definition) is 2. The van der Waals surface area contributed by atoms with Crippen molar-refractivity contribution in [3.63, 3.8) is 0 Å². The zero-order chi connectivity index (χ0) is 32.7. The van der Waals surface area contributed by atoms with Gasteiger partial charge in [-0.3, -0.25) is 4.79 Å². The van der Waals surface area contributed by atoms with Crippen LogP contribution in [0, 0.1) is 0 Å². The van der Waals surface area contributed by atoms with Crippen LogP contribution < -0.4 is 0 Å². The summed E-state index contributed by atoms with van der Waals surface area (Å²) in [6.07, 6.45) is -25.3. The van der Waals surface area contributed by atoms with Crippen LogP contribution in [0.2, 0.25) is 0 Å². The summed E-state index contributed by atoms with van der Waals surface area (Å²) in [6, 6.07) is -34.6. The lowest BCUT2D eigenvalue weighted by molar-refractivity contribution is -0.514. The molecule has 0 saturated carbocycles. The Kier molecular flexibility index (Phi) is 8.45. The first-order valence-corrected chi connectivity index (χ1v) is 7.85. The summed E-state index contributed by atoms with van der Waals surface area (Å²) >= 11 is 0. The van der Waals surface area contributed by atoms with Crippen LogP contribution in [0.1, 0.15) is 0 Å². The van der Waals surface area contributed by atoms with Gasteiger partial charge in [0.1, 0.15) is 0 Å². The van der Waals surface area contributed by atoms with E-state index in [0.717, 1.165) is 0 Å². The van der Waals surface area contributed by atoms with Crippen molar-refractivity contribution < 1.29 is 115 Å². The van der Waals surface area contributed by atoms with E-state index in [2.05, 4.69) is 0 Å². The Morgan fingerprint density at radius 2 is 0.590 bits per heavy atom. The number of hydrogen-bond donors (Lipinski definition) is 0. The Balaban J connectivity index is 8.27. The van der Waals surface area contributed by atoms with Crippen LogP contribution in [0.25, 0.3) is 0 Å². The van der Waals surface area contributed by atoms with E-state index in [9.17, 15) is 115 Å². The Morgan fingerprint density at radius 1 is 0.359 bits per heavy atom. The van der Waals surface area contributed by atoms with Crippen LogP contribution in [0.4, 0.5) is 110 Å². The lowest BCUT2D eigenvalue weighted by Crippen LogP contribution is -2.82. The van der Waals surface area contributed by atoms with Gasteiger partial charge >= 0.3 is 72.1 Å². The molecule has 1 unspecified atom stereocenters. The van der Waals surface area contributed by atoms with Crippen LogP contribution in [0.15, 0.2) is 0 Å². The molecule has 1 atom stereocenters. The second-order valence-electron chi connectivity index (χ2n) is 6.68. The summed E-state index contributed by atoms with van der Waals surface area (Å²) in [5.74, 6) is -36.6.